The number of imidazole rings is 1. The van der Waals surface area contributed by atoms with E-state index in [4.69, 9.17) is 15.5 Å². The molecule has 198 valence electrons. The van der Waals surface area contributed by atoms with Gasteiger partial charge in [0, 0.05) is 29.9 Å². The van der Waals surface area contributed by atoms with Crippen LogP contribution in [0.5, 0.6) is 0 Å². The zero-order valence-electron chi connectivity index (χ0n) is 20.8. The SMILES string of the molecule is N#CCC(=O)N1CCn2nc(-c3ccc(F)cc3)c(-c3ccc4nc(NC(=O)c5ccnc(F)c5)cn4n3)c2C1. The second-order valence-corrected chi connectivity index (χ2v) is 9.02. The molecule has 0 bridgehead atoms. The Bertz CT molecular complexity index is 1820. The zero-order valence-corrected chi connectivity index (χ0v) is 20.8. The lowest BCUT2D eigenvalue weighted by Crippen LogP contribution is -2.38. The van der Waals surface area contributed by atoms with Crippen molar-refractivity contribution in [3.8, 4) is 28.6 Å². The van der Waals surface area contributed by atoms with Gasteiger partial charge in [0.05, 0.1) is 42.3 Å². The van der Waals surface area contributed by atoms with Crippen LogP contribution in [0.2, 0.25) is 0 Å². The minimum absolute atomic E-state index is 0.0872. The quantitative estimate of drug-likeness (QED) is 0.338. The van der Waals surface area contributed by atoms with E-state index in [1.165, 1.54) is 35.1 Å². The predicted octanol–water partition coefficient (Wildman–Crippen LogP) is 3.44. The van der Waals surface area contributed by atoms with Crippen molar-refractivity contribution in [3.63, 3.8) is 0 Å². The third kappa shape index (κ3) is 4.62. The number of hydrogen-bond acceptors (Lipinski definition) is 7. The lowest BCUT2D eigenvalue weighted by Gasteiger charge is -2.27. The molecule has 0 fully saturated rings. The highest BCUT2D eigenvalue weighted by Gasteiger charge is 2.29. The average molecular weight is 540 g/mol. The van der Waals surface area contributed by atoms with Gasteiger partial charge in [0.15, 0.2) is 11.5 Å². The number of rotatable bonds is 5. The number of pyridine rings is 1. The Morgan fingerprint density at radius 2 is 1.88 bits per heavy atom. The smallest absolute Gasteiger partial charge is 0.257 e. The van der Waals surface area contributed by atoms with Gasteiger partial charge < -0.3 is 10.2 Å². The van der Waals surface area contributed by atoms with Crippen LogP contribution in [0, 0.1) is 23.1 Å². The molecule has 6 rings (SSSR count). The Balaban J connectivity index is 1.40. The highest BCUT2D eigenvalue weighted by Crippen LogP contribution is 2.36. The Morgan fingerprint density at radius 3 is 2.65 bits per heavy atom. The van der Waals surface area contributed by atoms with Crippen LogP contribution < -0.4 is 5.32 Å². The van der Waals surface area contributed by atoms with E-state index < -0.39 is 11.9 Å². The van der Waals surface area contributed by atoms with Crippen LogP contribution in [0.4, 0.5) is 14.6 Å². The maximum Gasteiger partial charge on any atom is 0.257 e. The molecule has 2 amide bonds. The molecule has 0 atom stereocenters. The zero-order chi connectivity index (χ0) is 27.8. The van der Waals surface area contributed by atoms with Crippen LogP contribution in [0.3, 0.4) is 0 Å². The van der Waals surface area contributed by atoms with Gasteiger partial charge >= 0.3 is 0 Å². The highest BCUT2D eigenvalue weighted by atomic mass is 19.1. The van der Waals surface area contributed by atoms with E-state index in [0.29, 0.717) is 41.3 Å². The molecule has 1 aromatic carbocycles. The summed E-state index contributed by atoms with van der Waals surface area (Å²) in [5.41, 5.74) is 3.63. The summed E-state index contributed by atoms with van der Waals surface area (Å²) in [5.74, 6) is -1.79. The minimum atomic E-state index is -0.775. The summed E-state index contributed by atoms with van der Waals surface area (Å²) in [6.07, 6.45) is 2.49. The standard InChI is InChI=1S/C27H19F2N9O2/c28-18-3-1-16(2-4-18)26-25(20-14-36(24(39)7-9-30)11-12-37(20)35-26)19-5-6-23-32-22(15-38(23)34-19)33-27(40)17-8-10-31-21(29)13-17/h1-6,8,10,13,15H,7,11-12,14H2,(H,33,40). The number of carbonyl (C=O) groups excluding carboxylic acids is 2. The van der Waals surface area contributed by atoms with Crippen molar-refractivity contribution in [2.24, 2.45) is 0 Å². The summed E-state index contributed by atoms with van der Waals surface area (Å²) >= 11 is 0. The first-order valence-corrected chi connectivity index (χ1v) is 12.2. The van der Waals surface area contributed by atoms with Gasteiger partial charge in [-0.15, -0.1) is 0 Å². The molecule has 11 nitrogen and oxygen atoms in total. The van der Waals surface area contributed by atoms with Crippen molar-refractivity contribution in [1.82, 2.24) is 34.3 Å². The van der Waals surface area contributed by atoms with Crippen LogP contribution in [0.1, 0.15) is 22.5 Å². The second kappa shape index (κ2) is 9.99. The van der Waals surface area contributed by atoms with E-state index in [-0.39, 0.29) is 36.1 Å². The number of hydrogen-bond donors (Lipinski definition) is 1. The molecule has 5 aromatic rings. The molecule has 1 aliphatic rings. The Morgan fingerprint density at radius 1 is 1.05 bits per heavy atom. The molecule has 0 unspecified atom stereocenters. The van der Waals surface area contributed by atoms with Crippen molar-refractivity contribution in [1.29, 1.82) is 5.26 Å². The maximum atomic E-state index is 13.7. The Kier molecular flexibility index (Phi) is 6.19. The monoisotopic (exact) mass is 539 g/mol. The first-order chi connectivity index (χ1) is 19.4. The maximum absolute atomic E-state index is 13.7. The summed E-state index contributed by atoms with van der Waals surface area (Å²) < 4.78 is 30.4. The van der Waals surface area contributed by atoms with Gasteiger partial charge in [0.25, 0.3) is 5.91 Å². The molecule has 0 radical (unpaired) electrons. The number of carbonyl (C=O) groups is 2. The Hall–Kier alpha value is -5.51. The fourth-order valence-electron chi connectivity index (χ4n) is 4.60. The van der Waals surface area contributed by atoms with E-state index in [2.05, 4.69) is 15.3 Å². The number of nitrogens with one attached hydrogen (secondary N) is 1. The molecule has 40 heavy (non-hydrogen) atoms. The van der Waals surface area contributed by atoms with Crippen molar-refractivity contribution >= 4 is 23.3 Å². The van der Waals surface area contributed by atoms with Crippen molar-refractivity contribution in [3.05, 3.63) is 83.9 Å². The molecular formula is C27H19F2N9O2. The number of aromatic nitrogens is 6. The molecule has 0 saturated heterocycles. The first kappa shape index (κ1) is 24.8. The van der Waals surface area contributed by atoms with Gasteiger partial charge in [-0.25, -0.2) is 18.9 Å². The topological polar surface area (TPSA) is 134 Å². The van der Waals surface area contributed by atoms with E-state index in [1.807, 2.05) is 6.07 Å². The summed E-state index contributed by atoms with van der Waals surface area (Å²) in [7, 11) is 0. The van der Waals surface area contributed by atoms with Gasteiger partial charge in [0.2, 0.25) is 11.9 Å². The molecule has 4 aromatic heterocycles. The molecule has 0 saturated carbocycles. The van der Waals surface area contributed by atoms with Gasteiger partial charge in [-0.2, -0.15) is 19.8 Å². The van der Waals surface area contributed by atoms with Crippen LogP contribution in [0.25, 0.3) is 28.2 Å². The van der Waals surface area contributed by atoms with Crippen molar-refractivity contribution in [2.45, 2.75) is 19.5 Å². The largest absolute Gasteiger partial charge is 0.334 e. The highest BCUT2D eigenvalue weighted by molar-refractivity contribution is 6.03. The van der Waals surface area contributed by atoms with Crippen LogP contribution in [0.15, 0.2) is 60.9 Å². The van der Waals surface area contributed by atoms with Crippen LogP contribution >= 0.6 is 0 Å². The lowest BCUT2D eigenvalue weighted by molar-refractivity contribution is -0.131. The minimum Gasteiger partial charge on any atom is -0.334 e. The predicted molar refractivity (Wildman–Crippen MR) is 137 cm³/mol. The fraction of sp³-hybridized carbons (Fsp3) is 0.148. The van der Waals surface area contributed by atoms with E-state index in [0.717, 1.165) is 11.8 Å². The number of halogens is 2. The van der Waals surface area contributed by atoms with Crippen LogP contribution in [-0.4, -0.2) is 52.6 Å². The second-order valence-electron chi connectivity index (χ2n) is 9.02. The van der Waals surface area contributed by atoms with E-state index in [1.54, 1.807) is 33.8 Å². The fourth-order valence-corrected chi connectivity index (χ4v) is 4.60. The number of anilines is 1. The third-order valence-corrected chi connectivity index (χ3v) is 6.49. The van der Waals surface area contributed by atoms with E-state index in [9.17, 15) is 18.4 Å². The summed E-state index contributed by atoms with van der Waals surface area (Å²) in [6.45, 7) is 1.03. The molecule has 0 spiro atoms. The van der Waals surface area contributed by atoms with E-state index >= 15 is 0 Å². The van der Waals surface area contributed by atoms with Gasteiger partial charge in [0.1, 0.15) is 17.9 Å². The van der Waals surface area contributed by atoms with Crippen LogP contribution in [-0.2, 0) is 17.9 Å². The summed E-state index contributed by atoms with van der Waals surface area (Å²) in [4.78, 5) is 34.5. The van der Waals surface area contributed by atoms with Gasteiger partial charge in [-0.3, -0.25) is 14.3 Å². The molecule has 5 heterocycles. The Labute approximate surface area is 225 Å². The normalized spacial score (nSPS) is 12.7. The van der Waals surface area contributed by atoms with Gasteiger partial charge in [-0.1, -0.05) is 0 Å². The molecule has 1 aliphatic heterocycles. The first-order valence-electron chi connectivity index (χ1n) is 12.2. The van der Waals surface area contributed by atoms with Crippen molar-refractivity contribution in [2.75, 3.05) is 11.9 Å². The number of benzene rings is 1. The number of amides is 2. The van der Waals surface area contributed by atoms with Crippen molar-refractivity contribution < 1.29 is 18.4 Å². The molecule has 1 N–H and O–H groups in total. The molecular weight excluding hydrogens is 520 g/mol. The summed E-state index contributed by atoms with van der Waals surface area (Å²) in [5, 5.41) is 21.1. The summed E-state index contributed by atoms with van der Waals surface area (Å²) in [6, 6.07) is 13.7. The molecule has 13 heteroatoms. The lowest BCUT2D eigenvalue weighted by atomic mass is 10.0. The molecule has 0 aliphatic carbocycles. The number of nitrogens with zero attached hydrogens (tertiary/aromatic N) is 8. The van der Waals surface area contributed by atoms with Gasteiger partial charge in [-0.05, 0) is 42.5 Å². The number of nitriles is 1. The third-order valence-electron chi connectivity index (χ3n) is 6.49. The average Bonchev–Trinajstić information content (AvgIpc) is 3.53. The number of fused-ring (bicyclic) bond motifs is 2.